The van der Waals surface area contributed by atoms with Gasteiger partial charge in [0.1, 0.15) is 18.2 Å². The van der Waals surface area contributed by atoms with Crippen LogP contribution in [0.5, 0.6) is 11.5 Å². The Morgan fingerprint density at radius 3 is 2.63 bits per heavy atom. The molecule has 0 saturated heterocycles. The van der Waals surface area contributed by atoms with E-state index in [1.54, 1.807) is 24.3 Å². The van der Waals surface area contributed by atoms with E-state index in [4.69, 9.17) is 21.1 Å². The van der Waals surface area contributed by atoms with Crippen LogP contribution in [0, 0.1) is 11.3 Å². The summed E-state index contributed by atoms with van der Waals surface area (Å²) < 4.78 is 35.1. The standard InChI is InChI=1S/C23H21ClN4O5S2/c1-3-32-20-12-15(9-10-19(20)33-14-16-7-5-6-8-18(16)24)11-17(13-25)21(29)26-22-27-28-23(34-22)35(30,31)4-2/h5-12H,3-4,14H2,1-2H3,(H,26,27,29)/b17-11-. The summed E-state index contributed by atoms with van der Waals surface area (Å²) >= 11 is 6.90. The Labute approximate surface area is 211 Å². The number of carbonyl (C=O) groups is 1. The zero-order chi connectivity index (χ0) is 25.4. The number of halogens is 1. The second-order valence-corrected chi connectivity index (χ2v) is 10.8. The minimum Gasteiger partial charge on any atom is -0.490 e. The molecule has 1 aromatic heterocycles. The first kappa shape index (κ1) is 26.2. The predicted octanol–water partition coefficient (Wildman–Crippen LogP) is 4.51. The van der Waals surface area contributed by atoms with Gasteiger partial charge in [0.25, 0.3) is 5.91 Å². The van der Waals surface area contributed by atoms with E-state index in [0.29, 0.717) is 28.7 Å². The Hall–Kier alpha value is -3.46. The van der Waals surface area contributed by atoms with E-state index in [1.807, 2.05) is 31.2 Å². The van der Waals surface area contributed by atoms with Gasteiger partial charge in [0.15, 0.2) is 11.5 Å². The molecule has 0 aliphatic rings. The number of anilines is 1. The molecule has 0 unspecified atom stereocenters. The molecule has 0 atom stereocenters. The highest BCUT2D eigenvalue weighted by molar-refractivity contribution is 7.93. The van der Waals surface area contributed by atoms with Crippen LogP contribution in [0.25, 0.3) is 6.08 Å². The third-order valence-corrected chi connectivity index (χ3v) is 7.95. The maximum absolute atomic E-state index is 12.6. The first-order chi connectivity index (χ1) is 16.8. The van der Waals surface area contributed by atoms with Gasteiger partial charge in [-0.15, -0.1) is 10.2 Å². The molecule has 9 nitrogen and oxygen atoms in total. The van der Waals surface area contributed by atoms with E-state index in [2.05, 4.69) is 15.5 Å². The maximum Gasteiger partial charge on any atom is 0.268 e. The number of carbonyl (C=O) groups excluding carboxylic acids is 1. The molecule has 3 rings (SSSR count). The second kappa shape index (κ2) is 11.8. The van der Waals surface area contributed by atoms with Crippen LogP contribution in [0.2, 0.25) is 5.02 Å². The van der Waals surface area contributed by atoms with Gasteiger partial charge in [-0.1, -0.05) is 54.1 Å². The molecular formula is C23H21ClN4O5S2. The molecule has 2 aromatic carbocycles. The number of aromatic nitrogens is 2. The third kappa shape index (κ3) is 6.79. The maximum atomic E-state index is 12.6. The highest BCUT2D eigenvalue weighted by Crippen LogP contribution is 2.31. The van der Waals surface area contributed by atoms with Crippen molar-refractivity contribution in [1.82, 2.24) is 10.2 Å². The predicted molar refractivity (Wildman–Crippen MR) is 133 cm³/mol. The molecule has 182 valence electrons. The number of hydrogen-bond acceptors (Lipinski definition) is 9. The number of nitrogens with one attached hydrogen (secondary N) is 1. The lowest BCUT2D eigenvalue weighted by Gasteiger charge is -2.13. The summed E-state index contributed by atoms with van der Waals surface area (Å²) in [6, 6.07) is 14.2. The SMILES string of the molecule is CCOc1cc(/C=C(/C#N)C(=O)Nc2nnc(S(=O)(=O)CC)s2)ccc1OCc1ccccc1Cl. The lowest BCUT2D eigenvalue weighted by Crippen LogP contribution is -2.13. The van der Waals surface area contributed by atoms with Crippen molar-refractivity contribution in [1.29, 1.82) is 5.26 Å². The fourth-order valence-electron chi connectivity index (χ4n) is 2.76. The van der Waals surface area contributed by atoms with Gasteiger partial charge in [-0.25, -0.2) is 8.42 Å². The van der Waals surface area contributed by atoms with Crippen LogP contribution >= 0.6 is 22.9 Å². The van der Waals surface area contributed by atoms with Crippen LogP contribution in [-0.2, 0) is 21.2 Å². The van der Waals surface area contributed by atoms with Gasteiger partial charge in [-0.3, -0.25) is 10.1 Å². The van der Waals surface area contributed by atoms with Crippen LogP contribution in [0.1, 0.15) is 25.0 Å². The van der Waals surface area contributed by atoms with Crippen LogP contribution in [0.3, 0.4) is 0 Å². The van der Waals surface area contributed by atoms with Crippen molar-refractivity contribution in [3.63, 3.8) is 0 Å². The molecule has 1 heterocycles. The van der Waals surface area contributed by atoms with Crippen molar-refractivity contribution in [3.8, 4) is 17.6 Å². The second-order valence-electron chi connectivity index (χ2n) is 6.92. The van der Waals surface area contributed by atoms with E-state index in [9.17, 15) is 18.5 Å². The van der Waals surface area contributed by atoms with E-state index >= 15 is 0 Å². The molecule has 3 aromatic rings. The van der Waals surface area contributed by atoms with Crippen LogP contribution in [0.15, 0.2) is 52.4 Å². The van der Waals surface area contributed by atoms with Crippen molar-refractivity contribution in [2.24, 2.45) is 0 Å². The zero-order valence-corrected chi connectivity index (χ0v) is 21.2. The summed E-state index contributed by atoms with van der Waals surface area (Å²) in [4.78, 5) is 12.6. The Morgan fingerprint density at radius 2 is 1.94 bits per heavy atom. The zero-order valence-electron chi connectivity index (χ0n) is 18.8. The van der Waals surface area contributed by atoms with Gasteiger partial charge in [0.2, 0.25) is 19.3 Å². The number of sulfone groups is 1. The smallest absolute Gasteiger partial charge is 0.268 e. The number of ether oxygens (including phenoxy) is 2. The highest BCUT2D eigenvalue weighted by Gasteiger charge is 2.20. The minimum atomic E-state index is -3.55. The average Bonchev–Trinajstić information content (AvgIpc) is 3.32. The first-order valence-electron chi connectivity index (χ1n) is 10.4. The van der Waals surface area contributed by atoms with Crippen LogP contribution in [-0.4, -0.2) is 36.9 Å². The minimum absolute atomic E-state index is 0.0264. The number of rotatable bonds is 10. The summed E-state index contributed by atoms with van der Waals surface area (Å²) in [5.74, 6) is 0.0233. The molecule has 0 fully saturated rings. The van der Waals surface area contributed by atoms with E-state index in [0.717, 1.165) is 16.9 Å². The monoisotopic (exact) mass is 532 g/mol. The third-order valence-electron chi connectivity index (χ3n) is 4.56. The molecule has 0 radical (unpaired) electrons. The van der Waals surface area contributed by atoms with E-state index in [-0.39, 0.29) is 27.4 Å². The fourth-order valence-corrected chi connectivity index (χ4v) is 4.94. The Morgan fingerprint density at radius 1 is 1.17 bits per heavy atom. The van der Waals surface area contributed by atoms with Gasteiger partial charge in [0, 0.05) is 10.6 Å². The molecule has 1 amide bonds. The normalized spacial score (nSPS) is 11.5. The summed E-state index contributed by atoms with van der Waals surface area (Å²) in [7, 11) is -3.55. The highest BCUT2D eigenvalue weighted by atomic mass is 35.5. The fraction of sp³-hybridized carbons (Fsp3) is 0.217. The van der Waals surface area contributed by atoms with Gasteiger partial charge in [-0.05, 0) is 36.8 Å². The van der Waals surface area contributed by atoms with Crippen LogP contribution < -0.4 is 14.8 Å². The summed E-state index contributed by atoms with van der Waals surface area (Å²) in [5.41, 5.74) is 1.12. The van der Waals surface area contributed by atoms with Crippen molar-refractivity contribution >= 4 is 49.9 Å². The topological polar surface area (TPSA) is 131 Å². The van der Waals surface area contributed by atoms with Gasteiger partial charge >= 0.3 is 0 Å². The van der Waals surface area contributed by atoms with Crippen molar-refractivity contribution in [2.45, 2.75) is 24.8 Å². The Bertz CT molecular complexity index is 1400. The van der Waals surface area contributed by atoms with E-state index < -0.39 is 15.7 Å². The first-order valence-corrected chi connectivity index (χ1v) is 13.2. The summed E-state index contributed by atoms with van der Waals surface area (Å²) in [6.45, 7) is 3.92. The van der Waals surface area contributed by atoms with E-state index in [1.165, 1.54) is 13.0 Å². The lowest BCUT2D eigenvalue weighted by molar-refractivity contribution is -0.112. The van der Waals surface area contributed by atoms with Crippen LogP contribution in [0.4, 0.5) is 5.13 Å². The number of hydrogen-bond donors (Lipinski definition) is 1. The Balaban J connectivity index is 1.78. The summed E-state index contributed by atoms with van der Waals surface area (Å²) in [5, 5.41) is 19.7. The van der Waals surface area contributed by atoms with Gasteiger partial charge < -0.3 is 9.47 Å². The average molecular weight is 533 g/mol. The quantitative estimate of drug-likeness (QED) is 0.229. The number of amides is 1. The van der Waals surface area contributed by atoms with Crippen molar-refractivity contribution in [2.75, 3.05) is 17.7 Å². The molecule has 0 aliphatic carbocycles. The number of nitrogens with zero attached hydrogens (tertiary/aromatic N) is 3. The molecule has 0 saturated carbocycles. The van der Waals surface area contributed by atoms with Gasteiger partial charge in [0.05, 0.1) is 12.4 Å². The van der Waals surface area contributed by atoms with Crippen molar-refractivity contribution < 1.29 is 22.7 Å². The summed E-state index contributed by atoms with van der Waals surface area (Å²) in [6.07, 6.45) is 1.38. The molecule has 0 bridgehead atoms. The van der Waals surface area contributed by atoms with Gasteiger partial charge in [-0.2, -0.15) is 5.26 Å². The van der Waals surface area contributed by atoms with Crippen molar-refractivity contribution in [3.05, 3.63) is 64.2 Å². The Kier molecular flexibility index (Phi) is 8.81. The molecule has 0 spiro atoms. The number of nitriles is 1. The molecule has 0 aliphatic heterocycles. The molecule has 1 N–H and O–H groups in total. The molecule has 35 heavy (non-hydrogen) atoms. The molecular weight excluding hydrogens is 512 g/mol. The number of benzene rings is 2. The molecule has 12 heteroatoms. The largest absolute Gasteiger partial charge is 0.490 e. The lowest BCUT2D eigenvalue weighted by atomic mass is 10.1.